The third-order valence-corrected chi connectivity index (χ3v) is 8.22. The number of aryl methyl sites for hydroxylation is 2. The number of pyridine rings is 1. The van der Waals surface area contributed by atoms with E-state index in [4.69, 9.17) is 0 Å². The minimum Gasteiger partial charge on any atom is -0.302 e. The van der Waals surface area contributed by atoms with Crippen LogP contribution in [0.2, 0.25) is 0 Å². The van der Waals surface area contributed by atoms with E-state index >= 15 is 0 Å². The molecule has 1 aromatic carbocycles. The second-order valence-corrected chi connectivity index (χ2v) is 10.4. The van der Waals surface area contributed by atoms with Gasteiger partial charge in [-0.15, -0.1) is 0 Å². The molecule has 2 aromatic heterocycles. The van der Waals surface area contributed by atoms with Crippen molar-refractivity contribution in [1.82, 2.24) is 14.3 Å². The summed E-state index contributed by atoms with van der Waals surface area (Å²) in [5.74, 6) is -1.17. The van der Waals surface area contributed by atoms with Crippen LogP contribution in [0.1, 0.15) is 24.0 Å². The number of aromatic nitrogens is 2. The van der Waals surface area contributed by atoms with Crippen LogP contribution in [0.3, 0.4) is 0 Å². The summed E-state index contributed by atoms with van der Waals surface area (Å²) in [6.45, 7) is 4.46. The number of benzene rings is 1. The molecule has 3 aromatic rings. The van der Waals surface area contributed by atoms with Crippen molar-refractivity contribution in [3.63, 3.8) is 0 Å². The highest BCUT2D eigenvalue weighted by molar-refractivity contribution is 7.89. The van der Waals surface area contributed by atoms with Crippen LogP contribution in [0.25, 0.3) is 10.2 Å². The Hall–Kier alpha value is -2.43. The van der Waals surface area contributed by atoms with Crippen LogP contribution in [-0.2, 0) is 14.8 Å². The standard InChI is InChI=1S/C20H21FN4O3S2/c1-12-9-13(2)18-16(10-12)23-20(29-18)24-19(26)14-5-7-25(8-6-14)30(27,28)15-3-4-17(21)22-11-15/h3-4,9-11,14H,5-8H2,1-2H3,(H,23,24,26). The van der Waals surface area contributed by atoms with E-state index in [-0.39, 0.29) is 29.8 Å². The summed E-state index contributed by atoms with van der Waals surface area (Å²) in [6, 6.07) is 6.29. The summed E-state index contributed by atoms with van der Waals surface area (Å²) in [6.07, 6.45) is 1.83. The molecule has 7 nitrogen and oxygen atoms in total. The Kier molecular flexibility index (Phi) is 5.56. The fourth-order valence-electron chi connectivity index (χ4n) is 3.66. The Morgan fingerprint density at radius 2 is 1.97 bits per heavy atom. The highest BCUT2D eigenvalue weighted by Gasteiger charge is 2.32. The predicted molar refractivity (Wildman–Crippen MR) is 113 cm³/mol. The zero-order valence-corrected chi connectivity index (χ0v) is 18.2. The first-order valence-electron chi connectivity index (χ1n) is 9.54. The van der Waals surface area contributed by atoms with Crippen LogP contribution in [0.15, 0.2) is 35.4 Å². The van der Waals surface area contributed by atoms with Gasteiger partial charge in [0.25, 0.3) is 0 Å². The normalized spacial score (nSPS) is 16.1. The van der Waals surface area contributed by atoms with Crippen molar-refractivity contribution in [2.24, 2.45) is 5.92 Å². The molecule has 0 aliphatic carbocycles. The Morgan fingerprint density at radius 3 is 2.63 bits per heavy atom. The molecule has 1 N–H and O–H groups in total. The van der Waals surface area contributed by atoms with Crippen LogP contribution in [0.5, 0.6) is 0 Å². The molecular weight excluding hydrogens is 427 g/mol. The molecule has 0 bridgehead atoms. The number of halogens is 1. The number of rotatable bonds is 4. The lowest BCUT2D eigenvalue weighted by Crippen LogP contribution is -2.41. The molecule has 1 amide bonds. The molecule has 10 heteroatoms. The third kappa shape index (κ3) is 4.07. The first kappa shape index (κ1) is 20.8. The van der Waals surface area contributed by atoms with Crippen LogP contribution in [-0.4, -0.2) is 41.7 Å². The van der Waals surface area contributed by atoms with Crippen molar-refractivity contribution >= 4 is 42.6 Å². The SMILES string of the molecule is Cc1cc(C)c2sc(NC(=O)C3CCN(S(=O)(=O)c4ccc(F)nc4)CC3)nc2c1. The van der Waals surface area contributed by atoms with Gasteiger partial charge >= 0.3 is 0 Å². The summed E-state index contributed by atoms with van der Waals surface area (Å²) in [7, 11) is -3.75. The van der Waals surface area contributed by atoms with Gasteiger partial charge < -0.3 is 5.32 Å². The van der Waals surface area contributed by atoms with Crippen LogP contribution in [0.4, 0.5) is 9.52 Å². The molecule has 0 spiro atoms. The molecule has 3 heterocycles. The van der Waals surface area contributed by atoms with Crippen LogP contribution < -0.4 is 5.32 Å². The second-order valence-electron chi connectivity index (χ2n) is 7.43. The van der Waals surface area contributed by atoms with Gasteiger partial charge in [0.2, 0.25) is 21.9 Å². The maximum atomic E-state index is 13.0. The van der Waals surface area contributed by atoms with Crippen molar-refractivity contribution in [2.75, 3.05) is 18.4 Å². The number of sulfonamides is 1. The van der Waals surface area contributed by atoms with Crippen molar-refractivity contribution < 1.29 is 17.6 Å². The number of hydrogen-bond donors (Lipinski definition) is 1. The van der Waals surface area contributed by atoms with E-state index in [0.717, 1.165) is 33.6 Å². The predicted octanol–water partition coefficient (Wildman–Crippen LogP) is 3.49. The summed E-state index contributed by atoms with van der Waals surface area (Å²) in [5.41, 5.74) is 3.10. The monoisotopic (exact) mass is 448 g/mol. The lowest BCUT2D eigenvalue weighted by Gasteiger charge is -2.30. The molecule has 0 saturated carbocycles. The van der Waals surface area contributed by atoms with E-state index in [1.165, 1.54) is 21.7 Å². The van der Waals surface area contributed by atoms with E-state index in [0.29, 0.717) is 18.0 Å². The number of nitrogens with one attached hydrogen (secondary N) is 1. The first-order chi connectivity index (χ1) is 14.2. The maximum absolute atomic E-state index is 13.0. The second kappa shape index (κ2) is 8.01. The van der Waals surface area contributed by atoms with E-state index in [1.54, 1.807) is 0 Å². The number of amides is 1. The van der Waals surface area contributed by atoms with E-state index in [2.05, 4.69) is 21.4 Å². The topological polar surface area (TPSA) is 92.3 Å². The van der Waals surface area contributed by atoms with Gasteiger partial charge in [-0.1, -0.05) is 17.4 Å². The number of piperidine rings is 1. The highest BCUT2D eigenvalue weighted by Crippen LogP contribution is 2.31. The zero-order valence-electron chi connectivity index (χ0n) is 16.6. The Balaban J connectivity index is 1.41. The average Bonchev–Trinajstić information content (AvgIpc) is 3.11. The summed E-state index contributed by atoms with van der Waals surface area (Å²) < 4.78 is 40.7. The summed E-state index contributed by atoms with van der Waals surface area (Å²) in [5, 5.41) is 3.44. The van der Waals surface area contributed by atoms with Gasteiger partial charge in [-0.2, -0.15) is 8.70 Å². The average molecular weight is 449 g/mol. The van der Waals surface area contributed by atoms with E-state index in [1.807, 2.05) is 19.9 Å². The first-order valence-corrected chi connectivity index (χ1v) is 11.8. The van der Waals surface area contributed by atoms with Gasteiger partial charge in [-0.25, -0.2) is 18.4 Å². The lowest BCUT2D eigenvalue weighted by atomic mass is 9.97. The Bertz CT molecular complexity index is 1200. The largest absolute Gasteiger partial charge is 0.302 e. The number of nitrogens with zero attached hydrogens (tertiary/aromatic N) is 3. The number of fused-ring (bicyclic) bond motifs is 1. The minimum atomic E-state index is -3.75. The molecule has 1 saturated heterocycles. The number of anilines is 1. The number of carbonyl (C=O) groups is 1. The Morgan fingerprint density at radius 1 is 1.23 bits per heavy atom. The van der Waals surface area contributed by atoms with Crippen LogP contribution in [0, 0.1) is 25.7 Å². The molecule has 30 heavy (non-hydrogen) atoms. The molecule has 1 fully saturated rings. The van der Waals surface area contributed by atoms with E-state index in [9.17, 15) is 17.6 Å². The zero-order chi connectivity index (χ0) is 21.5. The van der Waals surface area contributed by atoms with Crippen molar-refractivity contribution in [3.8, 4) is 0 Å². The summed E-state index contributed by atoms with van der Waals surface area (Å²) >= 11 is 1.44. The minimum absolute atomic E-state index is 0.0491. The molecule has 0 unspecified atom stereocenters. The van der Waals surface area contributed by atoms with Gasteiger partial charge in [0, 0.05) is 19.0 Å². The van der Waals surface area contributed by atoms with Gasteiger partial charge in [0.1, 0.15) is 4.90 Å². The van der Waals surface area contributed by atoms with Gasteiger partial charge in [-0.05, 0) is 56.0 Å². The van der Waals surface area contributed by atoms with Crippen molar-refractivity contribution in [1.29, 1.82) is 0 Å². The van der Waals surface area contributed by atoms with Crippen molar-refractivity contribution in [2.45, 2.75) is 31.6 Å². The molecule has 1 aliphatic rings. The van der Waals surface area contributed by atoms with E-state index < -0.39 is 16.0 Å². The summed E-state index contributed by atoms with van der Waals surface area (Å²) in [4.78, 5) is 20.6. The van der Waals surface area contributed by atoms with Gasteiger partial charge in [-0.3, -0.25) is 4.79 Å². The number of thiazole rings is 1. The number of hydrogen-bond acceptors (Lipinski definition) is 6. The molecule has 0 radical (unpaired) electrons. The van der Waals surface area contributed by atoms with Crippen LogP contribution >= 0.6 is 11.3 Å². The highest BCUT2D eigenvalue weighted by atomic mass is 32.2. The fraction of sp³-hybridized carbons (Fsp3) is 0.350. The fourth-order valence-corrected chi connectivity index (χ4v) is 5.99. The molecule has 158 valence electrons. The molecule has 0 atom stereocenters. The lowest BCUT2D eigenvalue weighted by molar-refractivity contribution is -0.120. The van der Waals surface area contributed by atoms with Gasteiger partial charge in [0.05, 0.1) is 16.4 Å². The van der Waals surface area contributed by atoms with Crippen molar-refractivity contribution in [3.05, 3.63) is 47.5 Å². The maximum Gasteiger partial charge on any atom is 0.244 e. The molecule has 4 rings (SSSR count). The number of carbonyl (C=O) groups excluding carboxylic acids is 1. The smallest absolute Gasteiger partial charge is 0.244 e. The third-order valence-electron chi connectivity index (χ3n) is 5.21. The quantitative estimate of drug-likeness (QED) is 0.617. The Labute approximate surface area is 178 Å². The van der Waals surface area contributed by atoms with Gasteiger partial charge in [0.15, 0.2) is 5.13 Å². The molecular formula is C20H21FN4O3S2. The molecule has 1 aliphatic heterocycles.